The van der Waals surface area contributed by atoms with Gasteiger partial charge in [0.15, 0.2) is 0 Å². The zero-order chi connectivity index (χ0) is 20.3. The normalized spacial score (nSPS) is 11.5. The van der Waals surface area contributed by atoms with Crippen LogP contribution in [0.5, 0.6) is 11.5 Å². The zero-order valence-corrected chi connectivity index (χ0v) is 15.7. The van der Waals surface area contributed by atoms with Gasteiger partial charge in [0.05, 0.1) is 0 Å². The minimum Gasteiger partial charge on any atom is -0.508 e. The Morgan fingerprint density at radius 1 is 0.962 bits per heavy atom. The third-order valence-electron chi connectivity index (χ3n) is 3.40. The number of aromatic hydroxyl groups is 2. The Balaban J connectivity index is 0.000000662. The van der Waals surface area contributed by atoms with E-state index in [0.29, 0.717) is 11.5 Å². The largest absolute Gasteiger partial charge is 0.508 e. The third kappa shape index (κ3) is 10.2. The van der Waals surface area contributed by atoms with Gasteiger partial charge in [0, 0.05) is 25.0 Å². The predicted molar refractivity (Wildman–Crippen MR) is 101 cm³/mol. The predicted octanol–water partition coefficient (Wildman–Crippen LogP) is 4.05. The van der Waals surface area contributed by atoms with E-state index in [1.165, 1.54) is 11.1 Å². The number of phenols is 2. The third-order valence-corrected chi connectivity index (χ3v) is 3.40. The molecule has 2 rings (SSSR count). The monoisotopic (exact) mass is 364 g/mol. The quantitative estimate of drug-likeness (QED) is 0.475. The number of aliphatic carboxylic acids is 2. The van der Waals surface area contributed by atoms with Crippen molar-refractivity contribution < 1.29 is 30.0 Å². The molecule has 0 radical (unpaired) electrons. The summed E-state index contributed by atoms with van der Waals surface area (Å²) in [4.78, 5) is 18.0. The van der Waals surface area contributed by atoms with Gasteiger partial charge >= 0.3 is 0 Å². The number of hydrogen-bond donors (Lipinski definition) is 4. The number of benzene rings is 1. The van der Waals surface area contributed by atoms with Crippen LogP contribution >= 0.6 is 0 Å². The summed E-state index contributed by atoms with van der Waals surface area (Å²) in [5, 5.41) is 34.5. The zero-order valence-electron chi connectivity index (χ0n) is 15.7. The van der Waals surface area contributed by atoms with Crippen molar-refractivity contribution in [2.24, 2.45) is 0 Å². The van der Waals surface area contributed by atoms with E-state index in [2.05, 4.69) is 26.0 Å². The Morgan fingerprint density at radius 3 is 1.88 bits per heavy atom. The number of fused-ring (bicyclic) bond motifs is 1. The van der Waals surface area contributed by atoms with Gasteiger partial charge in [-0.1, -0.05) is 23.3 Å². The second-order valence-electron chi connectivity index (χ2n) is 6.16. The van der Waals surface area contributed by atoms with Crippen LogP contribution < -0.4 is 0 Å². The van der Waals surface area contributed by atoms with Gasteiger partial charge in [0.2, 0.25) is 0 Å². The smallest absolute Gasteiger partial charge is 0.300 e. The molecule has 6 nitrogen and oxygen atoms in total. The molecule has 0 unspecified atom stereocenters. The lowest BCUT2D eigenvalue weighted by Crippen LogP contribution is -2.04. The Bertz CT molecular complexity index is 662. The molecule has 0 spiro atoms. The molecule has 0 fully saturated rings. The highest BCUT2D eigenvalue weighted by molar-refractivity contribution is 5.63. The van der Waals surface area contributed by atoms with Gasteiger partial charge in [-0.25, -0.2) is 0 Å². The van der Waals surface area contributed by atoms with Crippen LogP contribution in [0.4, 0.5) is 0 Å². The van der Waals surface area contributed by atoms with Crippen LogP contribution in [0.3, 0.4) is 0 Å². The molecule has 0 amide bonds. The molecule has 0 saturated heterocycles. The molecule has 0 saturated carbocycles. The fraction of sp³-hybridized carbons (Fsp3) is 0.400. The Morgan fingerprint density at radius 2 is 1.42 bits per heavy atom. The lowest BCUT2D eigenvalue weighted by atomic mass is 9.88. The van der Waals surface area contributed by atoms with Gasteiger partial charge in [0.1, 0.15) is 11.5 Å². The molecule has 1 aromatic rings. The van der Waals surface area contributed by atoms with E-state index in [9.17, 15) is 10.2 Å². The summed E-state index contributed by atoms with van der Waals surface area (Å²) in [6.07, 6.45) is 7.97. The molecule has 4 N–H and O–H groups in total. The number of carboxylic acid groups (broad SMARTS) is 2. The summed E-state index contributed by atoms with van der Waals surface area (Å²) >= 11 is 0. The average molecular weight is 364 g/mol. The molecule has 0 atom stereocenters. The molecule has 0 aromatic heterocycles. The minimum atomic E-state index is -0.833. The van der Waals surface area contributed by atoms with Gasteiger partial charge in [-0.05, 0) is 51.7 Å². The lowest BCUT2D eigenvalue weighted by molar-refractivity contribution is -0.135. The van der Waals surface area contributed by atoms with Gasteiger partial charge < -0.3 is 20.4 Å². The van der Waals surface area contributed by atoms with E-state index in [1.807, 2.05) is 0 Å². The molecule has 0 bridgehead atoms. The summed E-state index contributed by atoms with van der Waals surface area (Å²) < 4.78 is 0. The average Bonchev–Trinajstić information content (AvgIpc) is 2.50. The molecule has 1 aliphatic carbocycles. The molecule has 144 valence electrons. The summed E-state index contributed by atoms with van der Waals surface area (Å²) in [5.41, 5.74) is 4.46. The van der Waals surface area contributed by atoms with Crippen LogP contribution in [0.25, 0.3) is 0 Å². The van der Waals surface area contributed by atoms with Crippen LogP contribution in [0, 0.1) is 0 Å². The minimum absolute atomic E-state index is 0.294. The first-order chi connectivity index (χ1) is 12.0. The van der Waals surface area contributed by atoms with Crippen molar-refractivity contribution in [3.8, 4) is 11.5 Å². The summed E-state index contributed by atoms with van der Waals surface area (Å²) in [6, 6.07) is 3.14. The first-order valence-corrected chi connectivity index (χ1v) is 8.27. The highest BCUT2D eigenvalue weighted by atomic mass is 16.4. The standard InChI is InChI=1S/C16H20O2.2C2H4O2/c1-11(2)4-3-5-12-6-7-13-14(10-12)16(18)9-8-15(13)17;2*1-2(3)4/h4,6,8-9,17-18H,3,5,7,10H2,1-2H3;2*1H3,(H,3,4). The highest BCUT2D eigenvalue weighted by Crippen LogP contribution is 2.35. The number of hydrogen-bond acceptors (Lipinski definition) is 4. The molecule has 1 aromatic carbocycles. The van der Waals surface area contributed by atoms with Crippen molar-refractivity contribution in [2.75, 3.05) is 0 Å². The Kier molecular flexibility index (Phi) is 10.5. The number of allylic oxidation sites excluding steroid dienone is 4. The van der Waals surface area contributed by atoms with Crippen LogP contribution in [-0.4, -0.2) is 32.4 Å². The maximum atomic E-state index is 9.86. The van der Waals surface area contributed by atoms with E-state index in [1.54, 1.807) is 12.1 Å². The van der Waals surface area contributed by atoms with Crippen molar-refractivity contribution in [1.82, 2.24) is 0 Å². The molecular weight excluding hydrogens is 336 g/mol. The maximum Gasteiger partial charge on any atom is 0.300 e. The second kappa shape index (κ2) is 11.7. The van der Waals surface area contributed by atoms with Gasteiger partial charge in [-0.3, -0.25) is 9.59 Å². The molecule has 0 heterocycles. The fourth-order valence-corrected chi connectivity index (χ4v) is 2.38. The number of rotatable bonds is 3. The van der Waals surface area contributed by atoms with Gasteiger partial charge in [-0.2, -0.15) is 0 Å². The van der Waals surface area contributed by atoms with Crippen molar-refractivity contribution in [1.29, 1.82) is 0 Å². The number of carbonyl (C=O) groups is 2. The van der Waals surface area contributed by atoms with Crippen LogP contribution in [0.2, 0.25) is 0 Å². The maximum absolute atomic E-state index is 9.86. The van der Waals surface area contributed by atoms with Crippen molar-refractivity contribution >= 4 is 11.9 Å². The first-order valence-electron chi connectivity index (χ1n) is 8.27. The van der Waals surface area contributed by atoms with E-state index in [4.69, 9.17) is 19.8 Å². The molecule has 1 aliphatic rings. The number of carboxylic acids is 2. The molecule has 6 heteroatoms. The molecule has 0 aliphatic heterocycles. The molecular formula is C20H28O6. The summed E-state index contributed by atoms with van der Waals surface area (Å²) in [5.74, 6) is -1.07. The summed E-state index contributed by atoms with van der Waals surface area (Å²) in [7, 11) is 0. The second-order valence-corrected chi connectivity index (χ2v) is 6.16. The van der Waals surface area contributed by atoms with E-state index < -0.39 is 11.9 Å². The Hall–Kier alpha value is -2.76. The van der Waals surface area contributed by atoms with Crippen LogP contribution in [-0.2, 0) is 22.4 Å². The van der Waals surface area contributed by atoms with E-state index in [-0.39, 0.29) is 0 Å². The summed E-state index contributed by atoms with van der Waals surface area (Å²) in [6.45, 7) is 6.38. The van der Waals surface area contributed by atoms with Crippen molar-refractivity contribution in [3.63, 3.8) is 0 Å². The lowest BCUT2D eigenvalue weighted by Gasteiger charge is -2.19. The van der Waals surface area contributed by atoms with Crippen molar-refractivity contribution in [3.05, 3.63) is 46.6 Å². The Labute approximate surface area is 154 Å². The number of phenolic OH excluding ortho intramolecular Hbond substituents is 2. The van der Waals surface area contributed by atoms with Crippen LogP contribution in [0.15, 0.2) is 35.4 Å². The first kappa shape index (κ1) is 23.2. The fourth-order valence-electron chi connectivity index (χ4n) is 2.38. The van der Waals surface area contributed by atoms with Gasteiger partial charge in [0.25, 0.3) is 11.9 Å². The van der Waals surface area contributed by atoms with E-state index in [0.717, 1.165) is 50.7 Å². The van der Waals surface area contributed by atoms with Crippen molar-refractivity contribution in [2.45, 2.75) is 53.4 Å². The van der Waals surface area contributed by atoms with Crippen LogP contribution in [0.1, 0.15) is 51.7 Å². The highest BCUT2D eigenvalue weighted by Gasteiger charge is 2.17. The topological polar surface area (TPSA) is 115 Å². The van der Waals surface area contributed by atoms with Gasteiger partial charge in [-0.15, -0.1) is 0 Å². The molecule has 26 heavy (non-hydrogen) atoms. The SMILES string of the molecule is CC(=O)O.CC(=O)O.CC(C)=CCCC1=CCc2c(O)ccc(O)c2C1. The van der Waals surface area contributed by atoms with E-state index >= 15 is 0 Å².